The maximum absolute atomic E-state index is 14.2. The van der Waals surface area contributed by atoms with Crippen LogP contribution in [-0.4, -0.2) is 97.2 Å². The number of aliphatic hydroxyl groups is 1. The summed E-state index contributed by atoms with van der Waals surface area (Å²) in [5, 5.41) is 28.5. The van der Waals surface area contributed by atoms with Gasteiger partial charge in [-0.25, -0.2) is 23.4 Å². The number of β-amino-alcohol motifs (C(OH)–C–C–N with tert-alkyl or cyclic N) is 1. The third-order valence-electron chi connectivity index (χ3n) is 11.9. The van der Waals surface area contributed by atoms with Gasteiger partial charge in [-0.15, -0.1) is 0 Å². The number of alkyl halides is 2. The lowest BCUT2D eigenvalue weighted by molar-refractivity contribution is -0.143. The Morgan fingerprint density at radius 2 is 1.71 bits per heavy atom. The molecule has 0 radical (unpaired) electrons. The number of aliphatic carboxylic acids is 1. The molecular formula is C44H48F2N8O5. The number of aliphatic hydroxyl groups excluding tert-OH is 1. The summed E-state index contributed by atoms with van der Waals surface area (Å²) in [6.07, 6.45) is 3.87. The number of carboxylic acid groups (broad SMARTS) is 1. The molecule has 0 bridgehead atoms. The van der Waals surface area contributed by atoms with Crippen molar-refractivity contribution in [1.82, 2.24) is 34.5 Å². The third kappa shape index (κ3) is 8.14. The van der Waals surface area contributed by atoms with Crippen LogP contribution in [0.5, 0.6) is 11.5 Å². The minimum atomic E-state index is -2.90. The fourth-order valence-corrected chi connectivity index (χ4v) is 8.64. The summed E-state index contributed by atoms with van der Waals surface area (Å²) in [6, 6.07) is 17.7. The molecule has 1 atom stereocenters. The van der Waals surface area contributed by atoms with Crippen LogP contribution in [0.4, 0.5) is 20.3 Å². The molecular weight excluding hydrogens is 759 g/mol. The van der Waals surface area contributed by atoms with E-state index < -0.39 is 18.2 Å². The molecule has 15 heteroatoms. The van der Waals surface area contributed by atoms with Gasteiger partial charge in [-0.05, 0) is 86.5 Å². The number of rotatable bonds is 13. The van der Waals surface area contributed by atoms with E-state index in [1.165, 1.54) is 0 Å². The Morgan fingerprint density at radius 3 is 2.39 bits per heavy atom. The smallest absolute Gasteiger partial charge is 0.306 e. The maximum Gasteiger partial charge on any atom is 0.306 e. The molecule has 1 aliphatic heterocycles. The van der Waals surface area contributed by atoms with Crippen molar-refractivity contribution in [3.63, 3.8) is 0 Å². The minimum Gasteiger partial charge on any atom is -0.496 e. The Balaban J connectivity index is 1.08. The zero-order valence-electron chi connectivity index (χ0n) is 33.5. The Kier molecular flexibility index (Phi) is 11.4. The lowest BCUT2D eigenvalue weighted by atomic mass is 9.85. The lowest BCUT2D eigenvalue weighted by Crippen LogP contribution is -2.36. The second-order valence-electron chi connectivity index (χ2n) is 15.6. The van der Waals surface area contributed by atoms with Crippen molar-refractivity contribution >= 4 is 39.4 Å². The van der Waals surface area contributed by atoms with Crippen LogP contribution in [0, 0.1) is 12.8 Å². The number of nitrogens with zero attached hydrogens (tertiary/aromatic N) is 7. The molecule has 8 rings (SSSR count). The van der Waals surface area contributed by atoms with Crippen molar-refractivity contribution in [2.45, 2.75) is 70.7 Å². The van der Waals surface area contributed by atoms with Gasteiger partial charge in [0.1, 0.15) is 17.0 Å². The van der Waals surface area contributed by atoms with Crippen LogP contribution < -0.4 is 14.8 Å². The molecule has 4 heterocycles. The van der Waals surface area contributed by atoms with E-state index in [4.69, 9.17) is 14.6 Å². The summed E-state index contributed by atoms with van der Waals surface area (Å²) >= 11 is 0. The SMILES string of the molecule is COc1cc(-n2ncc3c(-c4cccc(Nc5nc(C(F)F)nc6cc(CN(C)C7CCC(C(=O)O)CC7)cnc56)c4C)cccc32)cc(OC)c1CN1CC[C@@H](O)C1. The van der Waals surface area contributed by atoms with Gasteiger partial charge in [0, 0.05) is 61.6 Å². The van der Waals surface area contributed by atoms with E-state index in [-0.39, 0.29) is 23.9 Å². The van der Waals surface area contributed by atoms with E-state index in [9.17, 15) is 23.8 Å². The molecule has 0 amide bonds. The Hall–Kier alpha value is -5.77. The fourth-order valence-electron chi connectivity index (χ4n) is 8.64. The van der Waals surface area contributed by atoms with Gasteiger partial charge in [0.05, 0.1) is 54.7 Å². The predicted molar refractivity (Wildman–Crippen MR) is 221 cm³/mol. The highest BCUT2D eigenvalue weighted by Gasteiger charge is 2.29. The fraction of sp³-hybridized carbons (Fsp3) is 0.386. The topological polar surface area (TPSA) is 151 Å². The first-order chi connectivity index (χ1) is 28.5. The van der Waals surface area contributed by atoms with Gasteiger partial charge in [-0.2, -0.15) is 5.10 Å². The standard InChI is InChI=1S/C44H48F2N8O5/c1-25-31(32-8-6-10-37-33(32)21-48-54(37)29-18-38(58-3)34(39(19-29)59-4)24-53-16-15-30(55)23-53)7-5-9-35(25)49-42-40-36(50-43(51-42)41(45)46)17-26(20-47-40)22-52(2)28-13-11-27(12-14-28)44(56)57/h5-10,17-21,27-28,30,41,55H,11-16,22-24H2,1-4H3,(H,56,57)(H,49,50,51)/t27?,28?,30-/m1/s1. The normalized spacial score (nSPS) is 18.6. The van der Waals surface area contributed by atoms with Crippen molar-refractivity contribution < 1.29 is 33.3 Å². The molecule has 1 aliphatic carbocycles. The van der Waals surface area contributed by atoms with E-state index >= 15 is 0 Å². The number of anilines is 2. The number of hydrogen-bond acceptors (Lipinski definition) is 11. The highest BCUT2D eigenvalue weighted by atomic mass is 19.3. The van der Waals surface area contributed by atoms with Crippen molar-refractivity contribution in [1.29, 1.82) is 0 Å². The molecule has 2 fully saturated rings. The number of fused-ring (bicyclic) bond motifs is 2. The summed E-state index contributed by atoms with van der Waals surface area (Å²) in [5.41, 5.74) is 7.40. The largest absolute Gasteiger partial charge is 0.496 e. The maximum atomic E-state index is 14.2. The molecule has 13 nitrogen and oxygen atoms in total. The first-order valence-electron chi connectivity index (χ1n) is 19.9. The van der Waals surface area contributed by atoms with Crippen molar-refractivity contribution in [2.75, 3.05) is 39.7 Å². The second kappa shape index (κ2) is 16.8. The second-order valence-corrected chi connectivity index (χ2v) is 15.6. The van der Waals surface area contributed by atoms with E-state index in [2.05, 4.69) is 30.1 Å². The van der Waals surface area contributed by atoms with Crippen LogP contribution in [0.1, 0.15) is 61.0 Å². The summed E-state index contributed by atoms with van der Waals surface area (Å²) < 4.78 is 42.0. The van der Waals surface area contributed by atoms with Crippen LogP contribution in [0.25, 0.3) is 38.8 Å². The van der Waals surface area contributed by atoms with E-state index in [1.807, 2.05) is 73.4 Å². The Bertz CT molecular complexity index is 2480. The number of benzene rings is 3. The lowest BCUT2D eigenvalue weighted by Gasteiger charge is -2.33. The quantitative estimate of drug-likeness (QED) is 0.105. The molecule has 3 aromatic carbocycles. The molecule has 3 N–H and O–H groups in total. The van der Waals surface area contributed by atoms with Crippen LogP contribution >= 0.6 is 0 Å². The summed E-state index contributed by atoms with van der Waals surface area (Å²) in [5.74, 6) is -0.138. The molecule has 1 saturated heterocycles. The molecule has 308 valence electrons. The van der Waals surface area contributed by atoms with Gasteiger partial charge in [0.15, 0.2) is 11.6 Å². The number of nitrogens with one attached hydrogen (secondary N) is 1. The van der Waals surface area contributed by atoms with Gasteiger partial charge in [-0.3, -0.25) is 19.6 Å². The number of methoxy groups -OCH3 is 2. The van der Waals surface area contributed by atoms with Crippen molar-refractivity contribution in [3.8, 4) is 28.3 Å². The minimum absolute atomic E-state index is 0.177. The highest BCUT2D eigenvalue weighted by molar-refractivity contribution is 5.97. The average molecular weight is 807 g/mol. The number of likely N-dealkylation sites (tertiary alicyclic amines) is 1. The number of carbonyl (C=O) groups is 1. The van der Waals surface area contributed by atoms with E-state index in [0.29, 0.717) is 60.7 Å². The number of halogens is 2. The first kappa shape index (κ1) is 40.0. The summed E-state index contributed by atoms with van der Waals surface area (Å²) in [6.45, 7) is 4.46. The van der Waals surface area contributed by atoms with Crippen molar-refractivity contribution in [2.24, 2.45) is 5.92 Å². The Labute approximate surface area is 340 Å². The van der Waals surface area contributed by atoms with Gasteiger partial charge in [0.2, 0.25) is 0 Å². The van der Waals surface area contributed by atoms with Gasteiger partial charge >= 0.3 is 5.97 Å². The molecule has 0 spiro atoms. The predicted octanol–water partition coefficient (Wildman–Crippen LogP) is 7.68. The van der Waals surface area contributed by atoms with Gasteiger partial charge in [-0.1, -0.05) is 24.3 Å². The molecule has 0 unspecified atom stereocenters. The van der Waals surface area contributed by atoms with Crippen LogP contribution in [0.3, 0.4) is 0 Å². The monoisotopic (exact) mass is 806 g/mol. The van der Waals surface area contributed by atoms with E-state index in [0.717, 1.165) is 70.2 Å². The summed E-state index contributed by atoms with van der Waals surface area (Å²) in [7, 11) is 5.26. The number of carboxylic acids is 1. The zero-order chi connectivity index (χ0) is 41.4. The Morgan fingerprint density at radius 1 is 0.983 bits per heavy atom. The number of hydrogen-bond donors (Lipinski definition) is 3. The molecule has 2 aliphatic rings. The van der Waals surface area contributed by atoms with Crippen molar-refractivity contribution in [3.05, 3.63) is 89.5 Å². The van der Waals surface area contributed by atoms with Gasteiger partial charge < -0.3 is 25.0 Å². The van der Waals surface area contributed by atoms with E-state index in [1.54, 1.807) is 26.5 Å². The molecule has 3 aromatic heterocycles. The number of pyridine rings is 1. The van der Waals surface area contributed by atoms with Crippen LogP contribution in [-0.2, 0) is 17.9 Å². The molecule has 6 aromatic rings. The zero-order valence-corrected chi connectivity index (χ0v) is 33.5. The van der Waals surface area contributed by atoms with Crippen LogP contribution in [0.15, 0.2) is 67.0 Å². The van der Waals surface area contributed by atoms with Crippen LogP contribution in [0.2, 0.25) is 0 Å². The number of ether oxygens (including phenoxy) is 2. The van der Waals surface area contributed by atoms with Gasteiger partial charge in [0.25, 0.3) is 6.43 Å². The number of aromatic nitrogens is 5. The average Bonchev–Trinajstić information content (AvgIpc) is 3.87. The third-order valence-corrected chi connectivity index (χ3v) is 11.9. The molecule has 1 saturated carbocycles. The first-order valence-corrected chi connectivity index (χ1v) is 19.9. The summed E-state index contributed by atoms with van der Waals surface area (Å²) in [4.78, 5) is 28.9. The highest BCUT2D eigenvalue weighted by Crippen LogP contribution is 2.39. The molecule has 59 heavy (non-hydrogen) atoms.